The third-order valence-electron chi connectivity index (χ3n) is 4.20. The molecule has 0 saturated heterocycles. The van der Waals surface area contributed by atoms with Crippen LogP contribution in [0.4, 0.5) is 5.69 Å². The first-order valence-corrected chi connectivity index (χ1v) is 9.38. The number of amides is 1. The number of carbonyl (C=O) groups is 1. The van der Waals surface area contributed by atoms with Crippen molar-refractivity contribution in [2.24, 2.45) is 5.10 Å². The average Bonchev–Trinajstić information content (AvgIpc) is 2.66. The van der Waals surface area contributed by atoms with Crippen molar-refractivity contribution in [3.8, 4) is 5.75 Å². The van der Waals surface area contributed by atoms with E-state index in [0.29, 0.717) is 10.8 Å². The zero-order valence-corrected chi connectivity index (χ0v) is 17.0. The maximum Gasteiger partial charge on any atom is 0.277 e. The van der Waals surface area contributed by atoms with Gasteiger partial charge in [-0.3, -0.25) is 4.79 Å². The Labute approximate surface area is 166 Å². The molecular formula is C21H26ClN3O2. The van der Waals surface area contributed by atoms with Gasteiger partial charge in [-0.15, -0.1) is 0 Å². The molecule has 0 atom stereocenters. The minimum atomic E-state index is -0.323. The van der Waals surface area contributed by atoms with Gasteiger partial charge in [-0.2, -0.15) is 5.10 Å². The Kier molecular flexibility index (Phi) is 7.67. The van der Waals surface area contributed by atoms with E-state index in [0.717, 1.165) is 29.8 Å². The molecule has 2 rings (SSSR count). The fourth-order valence-electron chi connectivity index (χ4n) is 2.71. The molecule has 27 heavy (non-hydrogen) atoms. The first kappa shape index (κ1) is 20.8. The number of aryl methyl sites for hydroxylation is 2. The van der Waals surface area contributed by atoms with Gasteiger partial charge in [-0.1, -0.05) is 23.7 Å². The van der Waals surface area contributed by atoms with Crippen LogP contribution in [0.15, 0.2) is 41.5 Å². The minimum absolute atomic E-state index is 0.112. The van der Waals surface area contributed by atoms with Gasteiger partial charge in [0.25, 0.3) is 5.91 Å². The molecule has 0 unspecified atom stereocenters. The topological polar surface area (TPSA) is 53.9 Å². The molecule has 6 heteroatoms. The van der Waals surface area contributed by atoms with Gasteiger partial charge in [0.2, 0.25) is 0 Å². The highest BCUT2D eigenvalue weighted by molar-refractivity contribution is 6.32. The SMILES string of the molecule is CCN(CC)c1ccc(/C=N/NC(=O)COc2cc(C)c(Cl)c(C)c2)cc1. The lowest BCUT2D eigenvalue weighted by atomic mass is 10.1. The van der Waals surface area contributed by atoms with Gasteiger partial charge in [0.15, 0.2) is 6.61 Å². The van der Waals surface area contributed by atoms with Crippen molar-refractivity contribution in [3.05, 3.63) is 58.1 Å². The van der Waals surface area contributed by atoms with Crippen LogP contribution >= 0.6 is 11.6 Å². The summed E-state index contributed by atoms with van der Waals surface area (Å²) in [6, 6.07) is 11.7. The highest BCUT2D eigenvalue weighted by Gasteiger charge is 2.06. The van der Waals surface area contributed by atoms with E-state index in [4.69, 9.17) is 16.3 Å². The third kappa shape index (κ3) is 6.00. The number of hydrogen-bond acceptors (Lipinski definition) is 4. The maximum atomic E-state index is 11.9. The van der Waals surface area contributed by atoms with E-state index >= 15 is 0 Å². The zero-order chi connectivity index (χ0) is 19.8. The molecule has 0 heterocycles. The molecule has 2 aromatic carbocycles. The molecule has 0 aromatic heterocycles. The second-order valence-electron chi connectivity index (χ2n) is 6.22. The molecule has 0 spiro atoms. The summed E-state index contributed by atoms with van der Waals surface area (Å²) in [4.78, 5) is 14.1. The predicted octanol–water partition coefficient (Wildman–Crippen LogP) is 4.33. The number of nitrogens with zero attached hydrogens (tertiary/aromatic N) is 2. The van der Waals surface area contributed by atoms with Crippen molar-refractivity contribution in [1.82, 2.24) is 5.43 Å². The molecule has 144 valence electrons. The van der Waals surface area contributed by atoms with Crippen molar-refractivity contribution in [1.29, 1.82) is 0 Å². The average molecular weight is 388 g/mol. The number of halogens is 1. The van der Waals surface area contributed by atoms with Gasteiger partial charge in [0, 0.05) is 23.8 Å². The van der Waals surface area contributed by atoms with Gasteiger partial charge in [0.05, 0.1) is 6.21 Å². The fourth-order valence-corrected chi connectivity index (χ4v) is 2.82. The summed E-state index contributed by atoms with van der Waals surface area (Å²) in [6.07, 6.45) is 1.61. The van der Waals surface area contributed by atoms with E-state index in [2.05, 4.69) is 29.3 Å². The second-order valence-corrected chi connectivity index (χ2v) is 6.59. The first-order chi connectivity index (χ1) is 12.9. The quantitative estimate of drug-likeness (QED) is 0.541. The number of rotatable bonds is 8. The van der Waals surface area contributed by atoms with Crippen molar-refractivity contribution >= 4 is 29.4 Å². The minimum Gasteiger partial charge on any atom is -0.484 e. The van der Waals surface area contributed by atoms with Crippen LogP contribution < -0.4 is 15.1 Å². The number of benzene rings is 2. The largest absolute Gasteiger partial charge is 0.484 e. The standard InChI is InChI=1S/C21H26ClN3O2/c1-5-25(6-2)18-9-7-17(8-10-18)13-23-24-20(26)14-27-19-11-15(3)21(22)16(4)12-19/h7-13H,5-6,14H2,1-4H3,(H,24,26)/b23-13+. The maximum absolute atomic E-state index is 11.9. The van der Waals surface area contributed by atoms with Crippen LogP contribution in [-0.2, 0) is 4.79 Å². The highest BCUT2D eigenvalue weighted by atomic mass is 35.5. The molecule has 0 aliphatic heterocycles. The lowest BCUT2D eigenvalue weighted by molar-refractivity contribution is -0.123. The first-order valence-electron chi connectivity index (χ1n) is 9.01. The van der Waals surface area contributed by atoms with Crippen LogP contribution in [-0.4, -0.2) is 31.8 Å². The molecule has 2 aromatic rings. The summed E-state index contributed by atoms with van der Waals surface area (Å²) in [5.41, 5.74) is 6.38. The summed E-state index contributed by atoms with van der Waals surface area (Å²) in [5, 5.41) is 4.69. The second kappa shape index (κ2) is 9.97. The van der Waals surface area contributed by atoms with Crippen LogP contribution in [0.25, 0.3) is 0 Å². The molecule has 1 amide bonds. The summed E-state index contributed by atoms with van der Waals surface area (Å²) in [7, 11) is 0. The summed E-state index contributed by atoms with van der Waals surface area (Å²) >= 11 is 6.13. The Balaban J connectivity index is 1.84. The fraction of sp³-hybridized carbons (Fsp3) is 0.333. The molecule has 5 nitrogen and oxygen atoms in total. The molecule has 1 N–H and O–H groups in total. The van der Waals surface area contributed by atoms with Crippen LogP contribution in [0.5, 0.6) is 5.75 Å². The van der Waals surface area contributed by atoms with E-state index < -0.39 is 0 Å². The van der Waals surface area contributed by atoms with Gasteiger partial charge in [-0.05, 0) is 68.7 Å². The van der Waals surface area contributed by atoms with Gasteiger partial charge in [-0.25, -0.2) is 5.43 Å². The van der Waals surface area contributed by atoms with Gasteiger partial charge < -0.3 is 9.64 Å². The highest BCUT2D eigenvalue weighted by Crippen LogP contribution is 2.25. The Morgan fingerprint density at radius 1 is 1.15 bits per heavy atom. The number of hydrazone groups is 1. The van der Waals surface area contributed by atoms with E-state index in [9.17, 15) is 4.79 Å². The van der Waals surface area contributed by atoms with Crippen molar-refractivity contribution in [2.45, 2.75) is 27.7 Å². The smallest absolute Gasteiger partial charge is 0.277 e. The molecular weight excluding hydrogens is 362 g/mol. The Bertz CT molecular complexity index is 777. The van der Waals surface area contributed by atoms with Crippen molar-refractivity contribution in [3.63, 3.8) is 0 Å². The monoisotopic (exact) mass is 387 g/mol. The molecule has 0 aliphatic rings. The van der Waals surface area contributed by atoms with Crippen LogP contribution in [0.3, 0.4) is 0 Å². The number of carbonyl (C=O) groups excluding carboxylic acids is 1. The van der Waals surface area contributed by atoms with Gasteiger partial charge in [0.1, 0.15) is 5.75 Å². The van der Waals surface area contributed by atoms with Crippen LogP contribution in [0, 0.1) is 13.8 Å². The van der Waals surface area contributed by atoms with E-state index in [1.807, 2.05) is 50.2 Å². The predicted molar refractivity (Wildman–Crippen MR) is 112 cm³/mol. The zero-order valence-electron chi connectivity index (χ0n) is 16.3. The lowest BCUT2D eigenvalue weighted by Gasteiger charge is -2.20. The number of anilines is 1. The Morgan fingerprint density at radius 3 is 2.30 bits per heavy atom. The summed E-state index contributed by atoms with van der Waals surface area (Å²) < 4.78 is 5.50. The summed E-state index contributed by atoms with van der Waals surface area (Å²) in [5.74, 6) is 0.289. The van der Waals surface area contributed by atoms with Crippen molar-refractivity contribution in [2.75, 3.05) is 24.6 Å². The molecule has 0 radical (unpaired) electrons. The third-order valence-corrected chi connectivity index (χ3v) is 4.80. The molecule has 0 bridgehead atoms. The van der Waals surface area contributed by atoms with Crippen LogP contribution in [0.1, 0.15) is 30.5 Å². The Hall–Kier alpha value is -2.53. The van der Waals surface area contributed by atoms with E-state index in [1.54, 1.807) is 6.21 Å². The number of nitrogens with one attached hydrogen (secondary N) is 1. The van der Waals surface area contributed by atoms with E-state index in [-0.39, 0.29) is 12.5 Å². The lowest BCUT2D eigenvalue weighted by Crippen LogP contribution is -2.24. The van der Waals surface area contributed by atoms with E-state index in [1.165, 1.54) is 5.69 Å². The molecule has 0 fully saturated rings. The van der Waals surface area contributed by atoms with Crippen LogP contribution in [0.2, 0.25) is 5.02 Å². The Morgan fingerprint density at radius 2 is 1.74 bits per heavy atom. The number of hydrogen-bond donors (Lipinski definition) is 1. The van der Waals surface area contributed by atoms with Crippen molar-refractivity contribution < 1.29 is 9.53 Å². The molecule has 0 aliphatic carbocycles. The van der Waals surface area contributed by atoms with Gasteiger partial charge >= 0.3 is 0 Å². The molecule has 0 saturated carbocycles. The number of ether oxygens (including phenoxy) is 1. The summed E-state index contributed by atoms with van der Waals surface area (Å²) in [6.45, 7) is 9.88. The normalized spacial score (nSPS) is 10.9.